The molecule has 4 nitrogen and oxygen atoms in total. The molecule has 0 aliphatic carbocycles. The predicted molar refractivity (Wildman–Crippen MR) is 84.7 cm³/mol. The second kappa shape index (κ2) is 5.90. The Balaban J connectivity index is 2.31. The van der Waals surface area contributed by atoms with E-state index < -0.39 is 0 Å². The second-order valence-electron chi connectivity index (χ2n) is 5.38. The van der Waals surface area contributed by atoms with E-state index in [1.807, 2.05) is 13.0 Å². The van der Waals surface area contributed by atoms with Crippen LogP contribution in [0.2, 0.25) is 0 Å². The summed E-state index contributed by atoms with van der Waals surface area (Å²) in [6.45, 7) is 10.3. The molecule has 0 radical (unpaired) electrons. The summed E-state index contributed by atoms with van der Waals surface area (Å²) in [5.41, 5.74) is 3.53. The van der Waals surface area contributed by atoms with Crippen molar-refractivity contribution in [2.75, 3.05) is 10.6 Å². The maximum atomic E-state index is 4.46. The highest BCUT2D eigenvalue weighted by molar-refractivity contribution is 5.65. The number of aromatic nitrogens is 2. The molecule has 106 valence electrons. The lowest BCUT2D eigenvalue weighted by molar-refractivity contribution is 0.881. The molecule has 2 N–H and O–H groups in total. The smallest absolute Gasteiger partial charge is 0.136 e. The van der Waals surface area contributed by atoms with Gasteiger partial charge in [0.15, 0.2) is 0 Å². The molecule has 2 rings (SSSR count). The molecule has 1 aromatic carbocycles. The van der Waals surface area contributed by atoms with Gasteiger partial charge in [0.25, 0.3) is 0 Å². The van der Waals surface area contributed by atoms with Crippen LogP contribution in [0.25, 0.3) is 0 Å². The van der Waals surface area contributed by atoms with E-state index in [1.165, 1.54) is 11.1 Å². The van der Waals surface area contributed by atoms with Crippen molar-refractivity contribution < 1.29 is 0 Å². The summed E-state index contributed by atoms with van der Waals surface area (Å²) in [6.07, 6.45) is 0. The van der Waals surface area contributed by atoms with Crippen LogP contribution in [0.3, 0.4) is 0 Å². The van der Waals surface area contributed by atoms with Gasteiger partial charge in [-0.05, 0) is 45.7 Å². The SMILES string of the molecule is Cc1nc(Nc2c(C)cccc2C)cc(NC(C)C)n1. The topological polar surface area (TPSA) is 49.8 Å². The average molecular weight is 270 g/mol. The van der Waals surface area contributed by atoms with Gasteiger partial charge in [-0.15, -0.1) is 0 Å². The van der Waals surface area contributed by atoms with Gasteiger partial charge < -0.3 is 10.6 Å². The van der Waals surface area contributed by atoms with Crippen LogP contribution in [0.5, 0.6) is 0 Å². The minimum atomic E-state index is 0.345. The van der Waals surface area contributed by atoms with Crippen LogP contribution < -0.4 is 10.6 Å². The van der Waals surface area contributed by atoms with E-state index in [0.717, 1.165) is 23.1 Å². The van der Waals surface area contributed by atoms with E-state index in [0.29, 0.717) is 6.04 Å². The number of para-hydroxylation sites is 1. The zero-order valence-corrected chi connectivity index (χ0v) is 12.8. The number of rotatable bonds is 4. The lowest BCUT2D eigenvalue weighted by atomic mass is 10.1. The van der Waals surface area contributed by atoms with E-state index in [2.05, 4.69) is 66.5 Å². The van der Waals surface area contributed by atoms with Gasteiger partial charge in [-0.2, -0.15) is 0 Å². The zero-order chi connectivity index (χ0) is 14.7. The van der Waals surface area contributed by atoms with Crippen LogP contribution in [0.4, 0.5) is 17.3 Å². The number of nitrogens with one attached hydrogen (secondary N) is 2. The minimum absolute atomic E-state index is 0.345. The molecule has 0 atom stereocenters. The lowest BCUT2D eigenvalue weighted by Crippen LogP contribution is -2.12. The molecule has 1 aromatic heterocycles. The van der Waals surface area contributed by atoms with Crippen LogP contribution in [-0.4, -0.2) is 16.0 Å². The first-order valence-corrected chi connectivity index (χ1v) is 6.91. The number of aryl methyl sites for hydroxylation is 3. The number of nitrogens with zero attached hydrogens (tertiary/aromatic N) is 2. The van der Waals surface area contributed by atoms with Crippen LogP contribution in [0.15, 0.2) is 24.3 Å². The Kier molecular flexibility index (Phi) is 4.23. The quantitative estimate of drug-likeness (QED) is 0.882. The molecule has 0 amide bonds. The van der Waals surface area contributed by atoms with E-state index >= 15 is 0 Å². The highest BCUT2D eigenvalue weighted by Gasteiger charge is 2.06. The molecule has 20 heavy (non-hydrogen) atoms. The van der Waals surface area contributed by atoms with E-state index in [4.69, 9.17) is 0 Å². The number of hydrogen-bond acceptors (Lipinski definition) is 4. The van der Waals surface area contributed by atoms with Crippen molar-refractivity contribution in [2.24, 2.45) is 0 Å². The van der Waals surface area contributed by atoms with Gasteiger partial charge in [0.2, 0.25) is 0 Å². The summed E-state index contributed by atoms with van der Waals surface area (Å²) < 4.78 is 0. The fourth-order valence-corrected chi connectivity index (χ4v) is 2.14. The molecule has 0 saturated heterocycles. The summed E-state index contributed by atoms with van der Waals surface area (Å²) in [4.78, 5) is 8.85. The first-order chi connectivity index (χ1) is 9.45. The predicted octanol–water partition coefficient (Wildman–Crippen LogP) is 3.97. The van der Waals surface area contributed by atoms with Crippen molar-refractivity contribution in [3.05, 3.63) is 41.2 Å². The van der Waals surface area contributed by atoms with Gasteiger partial charge in [0.05, 0.1) is 0 Å². The Morgan fingerprint density at radius 1 is 0.950 bits per heavy atom. The summed E-state index contributed by atoms with van der Waals surface area (Å²) in [6, 6.07) is 8.54. The van der Waals surface area contributed by atoms with E-state index in [-0.39, 0.29) is 0 Å². The average Bonchev–Trinajstić information content (AvgIpc) is 2.32. The van der Waals surface area contributed by atoms with E-state index in [1.54, 1.807) is 0 Å². The Hall–Kier alpha value is -2.10. The van der Waals surface area contributed by atoms with Crippen molar-refractivity contribution in [3.63, 3.8) is 0 Å². The van der Waals surface area contributed by atoms with Crippen molar-refractivity contribution >= 4 is 17.3 Å². The minimum Gasteiger partial charge on any atom is -0.368 e. The molecular formula is C16H22N4. The molecular weight excluding hydrogens is 248 g/mol. The second-order valence-corrected chi connectivity index (χ2v) is 5.38. The Morgan fingerprint density at radius 2 is 1.55 bits per heavy atom. The third-order valence-corrected chi connectivity index (χ3v) is 3.01. The number of benzene rings is 1. The van der Waals surface area contributed by atoms with Gasteiger partial charge >= 0.3 is 0 Å². The highest BCUT2D eigenvalue weighted by atomic mass is 15.1. The van der Waals surface area contributed by atoms with Crippen LogP contribution in [0, 0.1) is 20.8 Å². The van der Waals surface area contributed by atoms with Gasteiger partial charge in [-0.3, -0.25) is 0 Å². The first kappa shape index (κ1) is 14.3. The van der Waals surface area contributed by atoms with Crippen molar-refractivity contribution in [2.45, 2.75) is 40.7 Å². The standard InChI is InChI=1S/C16H22N4/c1-10(2)17-14-9-15(19-13(5)18-14)20-16-11(3)7-6-8-12(16)4/h6-10H,1-5H3,(H2,17,18,19,20). The molecule has 0 unspecified atom stereocenters. The molecule has 0 bridgehead atoms. The van der Waals surface area contributed by atoms with Crippen molar-refractivity contribution in [1.29, 1.82) is 0 Å². The highest BCUT2D eigenvalue weighted by Crippen LogP contribution is 2.24. The van der Waals surface area contributed by atoms with Crippen LogP contribution in [0.1, 0.15) is 30.8 Å². The molecule has 1 heterocycles. The Labute approximate surface area is 120 Å². The Bertz CT molecular complexity index is 585. The number of anilines is 3. The maximum Gasteiger partial charge on any atom is 0.136 e. The molecule has 2 aromatic rings. The third kappa shape index (κ3) is 3.47. The third-order valence-electron chi connectivity index (χ3n) is 3.01. The molecule has 0 aliphatic heterocycles. The maximum absolute atomic E-state index is 4.46. The van der Waals surface area contributed by atoms with Gasteiger partial charge in [0.1, 0.15) is 17.5 Å². The van der Waals surface area contributed by atoms with Gasteiger partial charge in [0, 0.05) is 17.8 Å². The monoisotopic (exact) mass is 270 g/mol. The van der Waals surface area contributed by atoms with E-state index in [9.17, 15) is 0 Å². The fourth-order valence-electron chi connectivity index (χ4n) is 2.14. The Morgan fingerprint density at radius 3 is 2.15 bits per heavy atom. The van der Waals surface area contributed by atoms with Crippen LogP contribution in [-0.2, 0) is 0 Å². The summed E-state index contributed by atoms with van der Waals surface area (Å²) in [5, 5.41) is 6.71. The van der Waals surface area contributed by atoms with Gasteiger partial charge in [-0.1, -0.05) is 18.2 Å². The van der Waals surface area contributed by atoms with Crippen molar-refractivity contribution in [1.82, 2.24) is 9.97 Å². The van der Waals surface area contributed by atoms with Crippen LogP contribution >= 0.6 is 0 Å². The largest absolute Gasteiger partial charge is 0.368 e. The normalized spacial score (nSPS) is 10.7. The molecule has 0 fully saturated rings. The lowest BCUT2D eigenvalue weighted by Gasteiger charge is -2.14. The summed E-state index contributed by atoms with van der Waals surface area (Å²) in [7, 11) is 0. The molecule has 0 aliphatic rings. The number of hydrogen-bond donors (Lipinski definition) is 2. The summed E-state index contributed by atoms with van der Waals surface area (Å²) >= 11 is 0. The molecule has 4 heteroatoms. The zero-order valence-electron chi connectivity index (χ0n) is 12.8. The van der Waals surface area contributed by atoms with Crippen molar-refractivity contribution in [3.8, 4) is 0 Å². The molecule has 0 spiro atoms. The van der Waals surface area contributed by atoms with Gasteiger partial charge in [-0.25, -0.2) is 9.97 Å². The first-order valence-electron chi connectivity index (χ1n) is 6.91. The fraction of sp³-hybridized carbons (Fsp3) is 0.375. The molecule has 0 saturated carbocycles. The summed E-state index contributed by atoms with van der Waals surface area (Å²) in [5.74, 6) is 2.42.